The lowest BCUT2D eigenvalue weighted by Gasteiger charge is -2.34. The van der Waals surface area contributed by atoms with E-state index in [2.05, 4.69) is 43.6 Å². The Labute approximate surface area is 104 Å². The van der Waals surface area contributed by atoms with Gasteiger partial charge in [-0.25, -0.2) is 0 Å². The highest BCUT2D eigenvalue weighted by Crippen LogP contribution is 2.39. The Morgan fingerprint density at radius 3 is 2.40 bits per heavy atom. The van der Waals surface area contributed by atoms with Crippen molar-refractivity contribution in [2.45, 2.75) is 71.0 Å². The van der Waals surface area contributed by atoms with Crippen molar-refractivity contribution in [2.75, 3.05) is 0 Å². The molecule has 0 bridgehead atoms. The van der Waals surface area contributed by atoms with Gasteiger partial charge in [-0.05, 0) is 49.4 Å². The van der Waals surface area contributed by atoms with E-state index in [-0.39, 0.29) is 0 Å². The Bertz CT molecular complexity index is 180. The standard InChI is InChI=1S/C14H27Br/c1-5-11-6-7-13(15)12(10-11)8-9-14(2,3)4/h11-13H,5-10H2,1-4H3. The van der Waals surface area contributed by atoms with E-state index in [0.29, 0.717) is 5.41 Å². The molecule has 1 saturated carbocycles. The first kappa shape index (κ1) is 13.5. The Balaban J connectivity index is 2.38. The molecule has 1 fully saturated rings. The van der Waals surface area contributed by atoms with E-state index in [9.17, 15) is 0 Å². The first-order chi connectivity index (χ1) is 6.92. The molecule has 15 heavy (non-hydrogen) atoms. The molecule has 90 valence electrons. The zero-order valence-corrected chi connectivity index (χ0v) is 12.4. The van der Waals surface area contributed by atoms with Gasteiger partial charge in [0.1, 0.15) is 0 Å². The Hall–Kier alpha value is 0.480. The molecule has 1 heteroatoms. The molecule has 1 aliphatic carbocycles. The summed E-state index contributed by atoms with van der Waals surface area (Å²) in [5, 5.41) is 0. The first-order valence-corrected chi connectivity index (χ1v) is 7.48. The van der Waals surface area contributed by atoms with Crippen LogP contribution in [-0.2, 0) is 0 Å². The van der Waals surface area contributed by atoms with Crippen LogP contribution >= 0.6 is 15.9 Å². The van der Waals surface area contributed by atoms with Crippen LogP contribution in [0.1, 0.15) is 66.2 Å². The second-order valence-corrected chi connectivity index (χ2v) is 7.64. The van der Waals surface area contributed by atoms with E-state index >= 15 is 0 Å². The van der Waals surface area contributed by atoms with Crippen LogP contribution in [0.4, 0.5) is 0 Å². The maximum atomic E-state index is 3.88. The molecule has 0 aromatic heterocycles. The zero-order valence-electron chi connectivity index (χ0n) is 10.9. The predicted octanol–water partition coefficient (Wildman–Crippen LogP) is 5.40. The second-order valence-electron chi connectivity index (χ2n) is 6.46. The van der Waals surface area contributed by atoms with Crippen molar-refractivity contribution in [1.29, 1.82) is 0 Å². The monoisotopic (exact) mass is 274 g/mol. The zero-order chi connectivity index (χ0) is 11.5. The summed E-state index contributed by atoms with van der Waals surface area (Å²) in [5.41, 5.74) is 0.506. The fraction of sp³-hybridized carbons (Fsp3) is 1.00. The van der Waals surface area contributed by atoms with Crippen molar-refractivity contribution in [3.05, 3.63) is 0 Å². The summed E-state index contributed by atoms with van der Waals surface area (Å²) in [6.07, 6.45) is 8.46. The highest BCUT2D eigenvalue weighted by atomic mass is 79.9. The molecule has 0 nitrogen and oxygen atoms in total. The molecular formula is C14H27Br. The van der Waals surface area contributed by atoms with E-state index in [0.717, 1.165) is 16.7 Å². The van der Waals surface area contributed by atoms with Gasteiger partial charge in [0.05, 0.1) is 0 Å². The third-order valence-electron chi connectivity index (χ3n) is 3.84. The van der Waals surface area contributed by atoms with Crippen molar-refractivity contribution in [3.8, 4) is 0 Å². The lowest BCUT2D eigenvalue weighted by molar-refractivity contribution is 0.231. The van der Waals surface area contributed by atoms with Crippen molar-refractivity contribution >= 4 is 15.9 Å². The summed E-state index contributed by atoms with van der Waals surface area (Å²) in [6, 6.07) is 0. The van der Waals surface area contributed by atoms with Crippen molar-refractivity contribution in [1.82, 2.24) is 0 Å². The van der Waals surface area contributed by atoms with Gasteiger partial charge in [-0.2, -0.15) is 0 Å². The lowest BCUT2D eigenvalue weighted by atomic mass is 9.76. The topological polar surface area (TPSA) is 0 Å². The third kappa shape index (κ3) is 4.89. The molecular weight excluding hydrogens is 248 g/mol. The van der Waals surface area contributed by atoms with Crippen molar-refractivity contribution in [3.63, 3.8) is 0 Å². The van der Waals surface area contributed by atoms with E-state index in [1.165, 1.54) is 38.5 Å². The maximum Gasteiger partial charge on any atom is 0.0174 e. The third-order valence-corrected chi connectivity index (χ3v) is 5.05. The average molecular weight is 275 g/mol. The normalized spacial score (nSPS) is 33.0. The molecule has 1 aliphatic rings. The highest BCUT2D eigenvalue weighted by Gasteiger charge is 2.28. The van der Waals surface area contributed by atoms with Crippen LogP contribution in [-0.4, -0.2) is 4.83 Å². The summed E-state index contributed by atoms with van der Waals surface area (Å²) in [6.45, 7) is 9.42. The van der Waals surface area contributed by atoms with E-state index < -0.39 is 0 Å². The van der Waals surface area contributed by atoms with E-state index in [4.69, 9.17) is 0 Å². The van der Waals surface area contributed by atoms with Crippen LogP contribution in [0.3, 0.4) is 0 Å². The Morgan fingerprint density at radius 1 is 1.20 bits per heavy atom. The van der Waals surface area contributed by atoms with Crippen LogP contribution in [0, 0.1) is 17.3 Å². The molecule has 1 rings (SSSR count). The molecule has 0 amide bonds. The summed E-state index contributed by atoms with van der Waals surface area (Å²) < 4.78 is 0. The van der Waals surface area contributed by atoms with Crippen LogP contribution in [0.25, 0.3) is 0 Å². The largest absolute Gasteiger partial charge is 0.0888 e. The van der Waals surface area contributed by atoms with Gasteiger partial charge in [-0.3, -0.25) is 0 Å². The number of hydrogen-bond acceptors (Lipinski definition) is 0. The van der Waals surface area contributed by atoms with Gasteiger partial charge >= 0.3 is 0 Å². The molecule has 0 radical (unpaired) electrons. The van der Waals surface area contributed by atoms with Gasteiger partial charge in [-0.1, -0.05) is 50.0 Å². The minimum atomic E-state index is 0.506. The molecule has 0 aliphatic heterocycles. The summed E-state index contributed by atoms with van der Waals surface area (Å²) in [4.78, 5) is 0.794. The van der Waals surface area contributed by atoms with Crippen LogP contribution in [0.5, 0.6) is 0 Å². The SMILES string of the molecule is CCC1CCC(Br)C(CCC(C)(C)C)C1. The minimum Gasteiger partial charge on any atom is -0.0888 e. The van der Waals surface area contributed by atoms with Crippen LogP contribution < -0.4 is 0 Å². The lowest BCUT2D eigenvalue weighted by Crippen LogP contribution is -2.26. The molecule has 0 heterocycles. The van der Waals surface area contributed by atoms with E-state index in [1.54, 1.807) is 0 Å². The number of halogens is 1. The van der Waals surface area contributed by atoms with Gasteiger partial charge in [0.15, 0.2) is 0 Å². The fourth-order valence-electron chi connectivity index (χ4n) is 2.61. The molecule has 0 N–H and O–H groups in total. The fourth-order valence-corrected chi connectivity index (χ4v) is 3.36. The molecule has 0 saturated heterocycles. The molecule has 0 spiro atoms. The summed E-state index contributed by atoms with van der Waals surface area (Å²) in [5.74, 6) is 1.94. The summed E-state index contributed by atoms with van der Waals surface area (Å²) >= 11 is 3.88. The quantitative estimate of drug-likeness (QED) is 0.605. The Morgan fingerprint density at radius 2 is 1.87 bits per heavy atom. The highest BCUT2D eigenvalue weighted by molar-refractivity contribution is 9.09. The van der Waals surface area contributed by atoms with Gasteiger partial charge in [0, 0.05) is 4.83 Å². The van der Waals surface area contributed by atoms with Gasteiger partial charge in [-0.15, -0.1) is 0 Å². The maximum absolute atomic E-state index is 3.88. The smallest absolute Gasteiger partial charge is 0.0174 e. The summed E-state index contributed by atoms with van der Waals surface area (Å²) in [7, 11) is 0. The first-order valence-electron chi connectivity index (χ1n) is 6.56. The van der Waals surface area contributed by atoms with Crippen LogP contribution in [0.2, 0.25) is 0 Å². The molecule has 3 unspecified atom stereocenters. The average Bonchev–Trinajstić information content (AvgIpc) is 2.15. The molecule has 3 atom stereocenters. The Kier molecular flexibility index (Phi) is 5.15. The van der Waals surface area contributed by atoms with Gasteiger partial charge in [0.2, 0.25) is 0 Å². The predicted molar refractivity (Wildman–Crippen MR) is 72.5 cm³/mol. The van der Waals surface area contributed by atoms with Crippen LogP contribution in [0.15, 0.2) is 0 Å². The van der Waals surface area contributed by atoms with Gasteiger partial charge < -0.3 is 0 Å². The van der Waals surface area contributed by atoms with Crippen molar-refractivity contribution < 1.29 is 0 Å². The van der Waals surface area contributed by atoms with Crippen molar-refractivity contribution in [2.24, 2.45) is 17.3 Å². The van der Waals surface area contributed by atoms with E-state index in [1.807, 2.05) is 0 Å². The molecule has 0 aromatic rings. The number of rotatable bonds is 3. The second kappa shape index (κ2) is 5.70. The minimum absolute atomic E-state index is 0.506. The number of hydrogen-bond donors (Lipinski definition) is 0. The van der Waals surface area contributed by atoms with Gasteiger partial charge in [0.25, 0.3) is 0 Å². The molecule has 0 aromatic carbocycles. The number of alkyl halides is 1.